The van der Waals surface area contributed by atoms with Crippen LogP contribution in [0.5, 0.6) is 0 Å². The molecule has 2 unspecified atom stereocenters. The SMILES string of the molecule is CCn1cc(C(=O)NC2CC(C(=O)O)c3ccccc32)cn1. The first-order valence-electron chi connectivity index (χ1n) is 7.25. The maximum absolute atomic E-state index is 12.3. The molecule has 1 aliphatic rings. The molecule has 2 atom stereocenters. The predicted octanol–water partition coefficient (Wildman–Crippen LogP) is 1.95. The number of aromatic nitrogens is 2. The summed E-state index contributed by atoms with van der Waals surface area (Å²) < 4.78 is 1.68. The van der Waals surface area contributed by atoms with Gasteiger partial charge in [-0.3, -0.25) is 14.3 Å². The van der Waals surface area contributed by atoms with E-state index in [4.69, 9.17) is 0 Å². The molecule has 1 aliphatic carbocycles. The smallest absolute Gasteiger partial charge is 0.311 e. The average molecular weight is 299 g/mol. The molecule has 6 nitrogen and oxygen atoms in total. The summed E-state index contributed by atoms with van der Waals surface area (Å²) in [4.78, 5) is 23.7. The van der Waals surface area contributed by atoms with Crippen molar-refractivity contribution in [3.63, 3.8) is 0 Å². The van der Waals surface area contributed by atoms with E-state index in [0.29, 0.717) is 18.5 Å². The van der Waals surface area contributed by atoms with Crippen LogP contribution < -0.4 is 5.32 Å². The topological polar surface area (TPSA) is 84.2 Å². The fourth-order valence-electron chi connectivity index (χ4n) is 2.90. The van der Waals surface area contributed by atoms with Crippen LogP contribution in [0.15, 0.2) is 36.7 Å². The van der Waals surface area contributed by atoms with Gasteiger partial charge in [-0.15, -0.1) is 0 Å². The minimum Gasteiger partial charge on any atom is -0.481 e. The lowest BCUT2D eigenvalue weighted by molar-refractivity contribution is -0.138. The lowest BCUT2D eigenvalue weighted by atomic mass is 10.0. The van der Waals surface area contributed by atoms with Crippen molar-refractivity contribution in [3.05, 3.63) is 53.3 Å². The number of aryl methyl sites for hydroxylation is 1. The summed E-state index contributed by atoms with van der Waals surface area (Å²) in [5.41, 5.74) is 2.15. The Labute approximate surface area is 127 Å². The number of amides is 1. The van der Waals surface area contributed by atoms with Gasteiger partial charge in [0.25, 0.3) is 5.91 Å². The number of nitrogens with zero attached hydrogens (tertiary/aromatic N) is 2. The van der Waals surface area contributed by atoms with Crippen molar-refractivity contribution in [2.24, 2.45) is 0 Å². The Morgan fingerprint density at radius 2 is 2.09 bits per heavy atom. The van der Waals surface area contributed by atoms with Crippen molar-refractivity contribution in [2.45, 2.75) is 31.8 Å². The third-order valence-electron chi connectivity index (χ3n) is 4.04. The zero-order chi connectivity index (χ0) is 15.7. The highest BCUT2D eigenvalue weighted by atomic mass is 16.4. The molecule has 1 aromatic heterocycles. The molecule has 22 heavy (non-hydrogen) atoms. The van der Waals surface area contributed by atoms with Crippen LogP contribution in [0.2, 0.25) is 0 Å². The van der Waals surface area contributed by atoms with Gasteiger partial charge in [0.1, 0.15) is 0 Å². The van der Waals surface area contributed by atoms with Crippen molar-refractivity contribution in [1.82, 2.24) is 15.1 Å². The first-order valence-corrected chi connectivity index (χ1v) is 7.25. The first-order chi connectivity index (χ1) is 10.6. The monoisotopic (exact) mass is 299 g/mol. The van der Waals surface area contributed by atoms with Crippen LogP contribution in [-0.2, 0) is 11.3 Å². The molecule has 6 heteroatoms. The lowest BCUT2D eigenvalue weighted by Gasteiger charge is -2.13. The maximum atomic E-state index is 12.3. The summed E-state index contributed by atoms with van der Waals surface area (Å²) in [5.74, 6) is -1.66. The number of carbonyl (C=O) groups is 2. The van der Waals surface area contributed by atoms with E-state index in [9.17, 15) is 14.7 Å². The second-order valence-electron chi connectivity index (χ2n) is 5.37. The van der Waals surface area contributed by atoms with Gasteiger partial charge in [0, 0.05) is 12.7 Å². The van der Waals surface area contributed by atoms with Crippen LogP contribution in [0.1, 0.15) is 46.8 Å². The molecule has 0 fully saturated rings. The van der Waals surface area contributed by atoms with Gasteiger partial charge in [0.15, 0.2) is 0 Å². The molecule has 0 saturated heterocycles. The summed E-state index contributed by atoms with van der Waals surface area (Å²) in [6.07, 6.45) is 3.58. The molecule has 1 amide bonds. The number of carboxylic acid groups (broad SMARTS) is 1. The fourth-order valence-corrected chi connectivity index (χ4v) is 2.90. The summed E-state index contributed by atoms with van der Waals surface area (Å²) in [7, 11) is 0. The van der Waals surface area contributed by atoms with E-state index in [0.717, 1.165) is 11.1 Å². The summed E-state index contributed by atoms with van der Waals surface area (Å²) in [6.45, 7) is 2.64. The van der Waals surface area contributed by atoms with Gasteiger partial charge in [0.2, 0.25) is 0 Å². The van der Waals surface area contributed by atoms with E-state index >= 15 is 0 Å². The molecular formula is C16H17N3O3. The van der Waals surface area contributed by atoms with E-state index in [2.05, 4.69) is 10.4 Å². The number of rotatable bonds is 4. The molecule has 1 aromatic carbocycles. The number of carbonyl (C=O) groups excluding carboxylic acids is 1. The van der Waals surface area contributed by atoms with Crippen molar-refractivity contribution in [3.8, 4) is 0 Å². The first kappa shape index (κ1) is 14.3. The third kappa shape index (κ3) is 2.47. The van der Waals surface area contributed by atoms with E-state index < -0.39 is 11.9 Å². The highest BCUT2D eigenvalue weighted by Crippen LogP contribution is 2.40. The van der Waals surface area contributed by atoms with E-state index in [1.807, 2.05) is 31.2 Å². The third-order valence-corrected chi connectivity index (χ3v) is 4.04. The van der Waals surface area contributed by atoms with Crippen LogP contribution in [0.4, 0.5) is 0 Å². The molecule has 0 spiro atoms. The Balaban J connectivity index is 1.81. The maximum Gasteiger partial charge on any atom is 0.311 e. The Hall–Kier alpha value is -2.63. The second kappa shape index (κ2) is 5.63. The van der Waals surface area contributed by atoms with Crippen molar-refractivity contribution in [2.75, 3.05) is 0 Å². The summed E-state index contributed by atoms with van der Waals surface area (Å²) >= 11 is 0. The van der Waals surface area contributed by atoms with E-state index in [-0.39, 0.29) is 11.9 Å². The number of fused-ring (bicyclic) bond motifs is 1. The van der Waals surface area contributed by atoms with E-state index in [1.54, 1.807) is 10.9 Å². The largest absolute Gasteiger partial charge is 0.481 e. The number of benzene rings is 1. The summed E-state index contributed by atoms with van der Waals surface area (Å²) in [5, 5.41) is 16.3. The molecule has 3 rings (SSSR count). The quantitative estimate of drug-likeness (QED) is 0.903. The number of hydrogen-bond donors (Lipinski definition) is 2. The van der Waals surface area contributed by atoms with E-state index in [1.165, 1.54) is 6.20 Å². The van der Waals surface area contributed by atoms with Gasteiger partial charge in [-0.1, -0.05) is 24.3 Å². The van der Waals surface area contributed by atoms with Crippen LogP contribution >= 0.6 is 0 Å². The predicted molar refractivity (Wildman–Crippen MR) is 79.5 cm³/mol. The molecule has 2 N–H and O–H groups in total. The van der Waals surface area contributed by atoms with Crippen LogP contribution in [0.3, 0.4) is 0 Å². The van der Waals surface area contributed by atoms with Crippen molar-refractivity contribution >= 4 is 11.9 Å². The molecule has 2 aromatic rings. The second-order valence-corrected chi connectivity index (χ2v) is 5.37. The molecule has 0 aliphatic heterocycles. The minimum atomic E-state index is -0.858. The van der Waals surface area contributed by atoms with Gasteiger partial charge in [-0.2, -0.15) is 5.10 Å². The molecular weight excluding hydrogens is 282 g/mol. The molecule has 0 bridgehead atoms. The molecule has 114 valence electrons. The Morgan fingerprint density at radius 3 is 2.73 bits per heavy atom. The fraction of sp³-hybridized carbons (Fsp3) is 0.312. The number of carboxylic acids is 1. The zero-order valence-electron chi connectivity index (χ0n) is 12.2. The van der Waals surface area contributed by atoms with Crippen molar-refractivity contribution < 1.29 is 14.7 Å². The van der Waals surface area contributed by atoms with Crippen LogP contribution in [0, 0.1) is 0 Å². The van der Waals surface area contributed by atoms with Crippen molar-refractivity contribution in [1.29, 1.82) is 0 Å². The van der Waals surface area contributed by atoms with Gasteiger partial charge >= 0.3 is 5.97 Å². The highest BCUT2D eigenvalue weighted by Gasteiger charge is 2.35. The Kier molecular flexibility index (Phi) is 3.66. The average Bonchev–Trinajstić information content (AvgIpc) is 3.12. The molecule has 0 saturated carbocycles. The highest BCUT2D eigenvalue weighted by molar-refractivity contribution is 5.94. The lowest BCUT2D eigenvalue weighted by Crippen LogP contribution is -2.27. The number of aliphatic carboxylic acids is 1. The van der Waals surface area contributed by atoms with Gasteiger partial charge in [0.05, 0.1) is 23.7 Å². The van der Waals surface area contributed by atoms with Gasteiger partial charge in [-0.05, 0) is 24.5 Å². The van der Waals surface area contributed by atoms with Crippen LogP contribution in [0.25, 0.3) is 0 Å². The summed E-state index contributed by atoms with van der Waals surface area (Å²) in [6, 6.07) is 7.09. The number of nitrogens with one attached hydrogen (secondary N) is 1. The molecule has 1 heterocycles. The number of hydrogen-bond acceptors (Lipinski definition) is 3. The Morgan fingerprint density at radius 1 is 1.36 bits per heavy atom. The minimum absolute atomic E-state index is 0.231. The molecule has 0 radical (unpaired) electrons. The van der Waals surface area contributed by atoms with Gasteiger partial charge in [-0.25, -0.2) is 0 Å². The Bertz CT molecular complexity index is 723. The van der Waals surface area contributed by atoms with Crippen LogP contribution in [-0.4, -0.2) is 26.8 Å². The zero-order valence-corrected chi connectivity index (χ0v) is 12.2. The normalized spacial score (nSPS) is 19.7. The standard InChI is InChI=1S/C16H17N3O3/c1-2-19-9-10(8-17-19)15(20)18-14-7-13(16(21)22)11-5-3-4-6-12(11)14/h3-6,8-9,13-14H,2,7H2,1H3,(H,18,20)(H,21,22). The van der Waals surface area contributed by atoms with Gasteiger partial charge < -0.3 is 10.4 Å².